The zero-order chi connectivity index (χ0) is 21.8. The summed E-state index contributed by atoms with van der Waals surface area (Å²) in [5, 5.41) is 3.71. The molecular formula is C24H24FN3O2S. The lowest BCUT2D eigenvalue weighted by Gasteiger charge is -2.31. The summed E-state index contributed by atoms with van der Waals surface area (Å²) >= 11 is 1.33. The zero-order valence-electron chi connectivity index (χ0n) is 17.3. The van der Waals surface area contributed by atoms with Crippen LogP contribution in [0.1, 0.15) is 33.8 Å². The van der Waals surface area contributed by atoms with Gasteiger partial charge in [-0.1, -0.05) is 30.3 Å². The van der Waals surface area contributed by atoms with Gasteiger partial charge in [-0.05, 0) is 49.6 Å². The van der Waals surface area contributed by atoms with E-state index in [-0.39, 0.29) is 23.5 Å². The maximum atomic E-state index is 13.2. The zero-order valence-corrected chi connectivity index (χ0v) is 18.1. The molecule has 2 heterocycles. The summed E-state index contributed by atoms with van der Waals surface area (Å²) in [7, 11) is 0. The highest BCUT2D eigenvalue weighted by Crippen LogP contribution is 2.30. The highest BCUT2D eigenvalue weighted by atomic mass is 32.1. The molecule has 0 radical (unpaired) electrons. The van der Waals surface area contributed by atoms with Gasteiger partial charge in [-0.15, -0.1) is 11.3 Å². The molecule has 1 aliphatic rings. The molecule has 3 aromatic rings. The number of carbonyl (C=O) groups excluding carboxylic acids is 2. The van der Waals surface area contributed by atoms with Gasteiger partial charge in [0.05, 0.1) is 5.69 Å². The minimum absolute atomic E-state index is 0.0449. The monoisotopic (exact) mass is 437 g/mol. The lowest BCUT2D eigenvalue weighted by molar-refractivity contribution is -0.126. The second-order valence-corrected chi connectivity index (χ2v) is 8.71. The molecule has 2 aromatic carbocycles. The average Bonchev–Trinajstić information content (AvgIpc) is 3.19. The highest BCUT2D eigenvalue weighted by Gasteiger charge is 2.29. The molecule has 0 aliphatic carbocycles. The summed E-state index contributed by atoms with van der Waals surface area (Å²) in [5.74, 6) is -0.385. The molecule has 0 bridgehead atoms. The topological polar surface area (TPSA) is 62.3 Å². The van der Waals surface area contributed by atoms with Gasteiger partial charge in [0, 0.05) is 31.1 Å². The van der Waals surface area contributed by atoms with Gasteiger partial charge in [0.15, 0.2) is 0 Å². The molecule has 1 aromatic heterocycles. The van der Waals surface area contributed by atoms with Gasteiger partial charge in [-0.25, -0.2) is 9.37 Å². The lowest BCUT2D eigenvalue weighted by atomic mass is 9.95. The standard InChI is InChI=1S/C24H24FN3O2S/c1-16-21(31-23(27-16)19-7-9-20(25)10-8-19)24(30)28-13-11-18(12-14-28)22(29)26-15-17-5-3-2-4-6-17/h2-10,18H,11-15H2,1H3,(H,26,29). The predicted octanol–water partition coefficient (Wildman–Crippen LogP) is 4.43. The number of halogens is 1. The first-order valence-electron chi connectivity index (χ1n) is 10.4. The van der Waals surface area contributed by atoms with E-state index in [9.17, 15) is 14.0 Å². The van der Waals surface area contributed by atoms with Crippen molar-refractivity contribution < 1.29 is 14.0 Å². The Morgan fingerprint density at radius 2 is 1.77 bits per heavy atom. The van der Waals surface area contributed by atoms with Crippen LogP contribution in [0.2, 0.25) is 0 Å². The van der Waals surface area contributed by atoms with E-state index in [0.29, 0.717) is 48.1 Å². The quantitative estimate of drug-likeness (QED) is 0.643. The smallest absolute Gasteiger partial charge is 0.265 e. The normalized spacial score (nSPS) is 14.5. The van der Waals surface area contributed by atoms with Crippen molar-refractivity contribution in [1.29, 1.82) is 0 Å². The number of likely N-dealkylation sites (tertiary alicyclic amines) is 1. The molecule has 0 saturated carbocycles. The van der Waals surface area contributed by atoms with Crippen molar-refractivity contribution in [2.75, 3.05) is 13.1 Å². The Balaban J connectivity index is 1.34. The highest BCUT2D eigenvalue weighted by molar-refractivity contribution is 7.17. The van der Waals surface area contributed by atoms with Gasteiger partial charge in [-0.2, -0.15) is 0 Å². The molecule has 7 heteroatoms. The van der Waals surface area contributed by atoms with Gasteiger partial charge in [-0.3, -0.25) is 9.59 Å². The lowest BCUT2D eigenvalue weighted by Crippen LogP contribution is -2.42. The van der Waals surface area contributed by atoms with E-state index in [0.717, 1.165) is 11.1 Å². The number of amides is 2. The molecule has 1 N–H and O–H groups in total. The number of nitrogens with one attached hydrogen (secondary N) is 1. The van der Waals surface area contributed by atoms with E-state index in [4.69, 9.17) is 0 Å². The average molecular weight is 438 g/mol. The van der Waals surface area contributed by atoms with Crippen molar-refractivity contribution in [2.45, 2.75) is 26.3 Å². The molecule has 0 spiro atoms. The number of nitrogens with zero attached hydrogens (tertiary/aromatic N) is 2. The molecular weight excluding hydrogens is 413 g/mol. The van der Waals surface area contributed by atoms with Crippen LogP contribution in [-0.4, -0.2) is 34.8 Å². The van der Waals surface area contributed by atoms with Crippen LogP contribution < -0.4 is 5.32 Å². The van der Waals surface area contributed by atoms with Gasteiger partial charge in [0.25, 0.3) is 5.91 Å². The molecule has 4 rings (SSSR count). The van der Waals surface area contributed by atoms with Gasteiger partial charge < -0.3 is 10.2 Å². The Kier molecular flexibility index (Phi) is 6.42. The van der Waals surface area contributed by atoms with Crippen molar-refractivity contribution in [2.24, 2.45) is 5.92 Å². The molecule has 1 fully saturated rings. The molecule has 0 atom stereocenters. The maximum absolute atomic E-state index is 13.2. The Labute approximate surface area is 184 Å². The summed E-state index contributed by atoms with van der Waals surface area (Å²) in [6.07, 6.45) is 1.30. The van der Waals surface area contributed by atoms with Crippen LogP contribution in [0.15, 0.2) is 54.6 Å². The van der Waals surface area contributed by atoms with Crippen LogP contribution in [-0.2, 0) is 11.3 Å². The predicted molar refractivity (Wildman–Crippen MR) is 119 cm³/mol. The number of thiazole rings is 1. The fourth-order valence-corrected chi connectivity index (χ4v) is 4.77. The van der Waals surface area contributed by atoms with Crippen molar-refractivity contribution in [1.82, 2.24) is 15.2 Å². The third-order valence-electron chi connectivity index (χ3n) is 5.54. The van der Waals surface area contributed by atoms with Crippen LogP contribution in [0.3, 0.4) is 0 Å². The van der Waals surface area contributed by atoms with Crippen LogP contribution in [0.25, 0.3) is 10.6 Å². The van der Waals surface area contributed by atoms with E-state index >= 15 is 0 Å². The van der Waals surface area contributed by atoms with Gasteiger partial charge in [0.2, 0.25) is 5.91 Å². The van der Waals surface area contributed by atoms with E-state index in [1.807, 2.05) is 37.3 Å². The Bertz CT molecular complexity index is 1060. The van der Waals surface area contributed by atoms with E-state index in [1.54, 1.807) is 17.0 Å². The van der Waals surface area contributed by atoms with Crippen molar-refractivity contribution >= 4 is 23.2 Å². The first-order valence-corrected chi connectivity index (χ1v) is 11.2. The molecule has 31 heavy (non-hydrogen) atoms. The summed E-state index contributed by atoms with van der Waals surface area (Å²) in [5.41, 5.74) is 2.54. The molecule has 0 unspecified atom stereocenters. The molecule has 1 saturated heterocycles. The summed E-state index contributed by atoms with van der Waals surface area (Å²) in [6.45, 7) is 3.43. The van der Waals surface area contributed by atoms with Crippen LogP contribution in [0, 0.1) is 18.7 Å². The summed E-state index contributed by atoms with van der Waals surface area (Å²) in [6, 6.07) is 15.9. The first kappa shape index (κ1) is 21.2. The Morgan fingerprint density at radius 1 is 1.10 bits per heavy atom. The SMILES string of the molecule is Cc1nc(-c2ccc(F)cc2)sc1C(=O)N1CCC(C(=O)NCc2ccccc2)CC1. The first-order chi connectivity index (χ1) is 15.0. The van der Waals surface area contributed by atoms with Crippen LogP contribution in [0.4, 0.5) is 4.39 Å². The second kappa shape index (κ2) is 9.39. The second-order valence-electron chi connectivity index (χ2n) is 7.71. The summed E-state index contributed by atoms with van der Waals surface area (Å²) < 4.78 is 13.2. The maximum Gasteiger partial charge on any atom is 0.265 e. The number of aromatic nitrogens is 1. The van der Waals surface area contributed by atoms with Crippen molar-refractivity contribution in [3.05, 3.63) is 76.5 Å². The Hall–Kier alpha value is -3.06. The summed E-state index contributed by atoms with van der Waals surface area (Å²) in [4.78, 5) is 32.5. The van der Waals surface area contributed by atoms with Crippen molar-refractivity contribution in [3.63, 3.8) is 0 Å². The number of aryl methyl sites for hydroxylation is 1. The minimum atomic E-state index is -0.302. The number of rotatable bonds is 5. The number of hydrogen-bond acceptors (Lipinski definition) is 4. The molecule has 2 amide bonds. The fraction of sp³-hybridized carbons (Fsp3) is 0.292. The van der Waals surface area contributed by atoms with Crippen molar-refractivity contribution in [3.8, 4) is 10.6 Å². The number of benzene rings is 2. The van der Waals surface area contributed by atoms with Gasteiger partial charge >= 0.3 is 0 Å². The molecule has 5 nitrogen and oxygen atoms in total. The number of carbonyl (C=O) groups is 2. The molecule has 160 valence electrons. The third-order valence-corrected chi connectivity index (χ3v) is 6.74. The Morgan fingerprint density at radius 3 is 2.45 bits per heavy atom. The fourth-order valence-electron chi connectivity index (χ4n) is 3.73. The van der Waals surface area contributed by atoms with E-state index in [2.05, 4.69) is 10.3 Å². The van der Waals surface area contributed by atoms with Gasteiger partial charge in [0.1, 0.15) is 15.7 Å². The van der Waals surface area contributed by atoms with E-state index in [1.165, 1.54) is 23.5 Å². The number of piperidine rings is 1. The largest absolute Gasteiger partial charge is 0.352 e. The number of hydrogen-bond donors (Lipinski definition) is 1. The minimum Gasteiger partial charge on any atom is -0.352 e. The van der Waals surface area contributed by atoms with E-state index < -0.39 is 0 Å². The third kappa shape index (κ3) is 4.99. The van der Waals surface area contributed by atoms with Crippen LogP contribution >= 0.6 is 11.3 Å². The molecule has 1 aliphatic heterocycles. The van der Waals surface area contributed by atoms with Crippen LogP contribution in [0.5, 0.6) is 0 Å².